The van der Waals surface area contributed by atoms with E-state index in [2.05, 4.69) is 52.7 Å². The Kier molecular flexibility index (Phi) is 5.77. The Bertz CT molecular complexity index is 1270. The summed E-state index contributed by atoms with van der Waals surface area (Å²) in [6, 6.07) is 31.8. The molecule has 0 bridgehead atoms. The molecule has 1 N–H and O–H groups in total. The molecule has 0 atom stereocenters. The van der Waals surface area contributed by atoms with Crippen LogP contribution < -0.4 is 5.32 Å². The zero-order valence-electron chi connectivity index (χ0n) is 17.9. The minimum Gasteiger partial charge on any atom is -0.354 e. The summed E-state index contributed by atoms with van der Waals surface area (Å²) in [5.74, 6) is 0.962. The minimum absolute atomic E-state index is 0.0107. The second-order valence-corrected chi connectivity index (χ2v) is 7.94. The van der Waals surface area contributed by atoms with Gasteiger partial charge in [-0.05, 0) is 22.9 Å². The first kappa shape index (κ1) is 20.2. The molecule has 4 aromatic rings. The maximum absolute atomic E-state index is 13.0. The molecule has 32 heavy (non-hydrogen) atoms. The molecule has 5 rings (SSSR count). The maximum atomic E-state index is 13.0. The Morgan fingerprint density at radius 3 is 2.28 bits per heavy atom. The predicted molar refractivity (Wildman–Crippen MR) is 131 cm³/mol. The van der Waals surface area contributed by atoms with Gasteiger partial charge in [0, 0.05) is 42.9 Å². The molecule has 1 heterocycles. The highest BCUT2D eigenvalue weighted by molar-refractivity contribution is 6.11. The van der Waals surface area contributed by atoms with Crippen LogP contribution in [0.2, 0.25) is 0 Å². The van der Waals surface area contributed by atoms with Gasteiger partial charge in [0.05, 0.1) is 5.69 Å². The lowest BCUT2D eigenvalue weighted by Crippen LogP contribution is -2.46. The van der Waals surface area contributed by atoms with Crippen LogP contribution in [0.4, 0.5) is 5.69 Å². The van der Waals surface area contributed by atoms with Crippen molar-refractivity contribution in [3.8, 4) is 0 Å². The van der Waals surface area contributed by atoms with E-state index in [1.807, 2.05) is 54.6 Å². The third-order valence-corrected chi connectivity index (χ3v) is 5.83. The molecule has 1 fully saturated rings. The number of aliphatic imine (C=N–C) groups is 1. The van der Waals surface area contributed by atoms with Gasteiger partial charge in [0.1, 0.15) is 5.84 Å². The molecule has 0 spiro atoms. The van der Waals surface area contributed by atoms with Crippen molar-refractivity contribution >= 4 is 28.1 Å². The van der Waals surface area contributed by atoms with Gasteiger partial charge in [0.15, 0.2) is 5.78 Å². The van der Waals surface area contributed by atoms with Crippen LogP contribution in [0.1, 0.15) is 21.5 Å². The largest absolute Gasteiger partial charge is 0.354 e. The smallest absolute Gasteiger partial charge is 0.193 e. The van der Waals surface area contributed by atoms with E-state index in [0.717, 1.165) is 43.3 Å². The molecule has 0 aliphatic carbocycles. The predicted octanol–water partition coefficient (Wildman–Crippen LogP) is 5.05. The molecular weight excluding hydrogens is 394 g/mol. The van der Waals surface area contributed by atoms with Gasteiger partial charge in [-0.1, -0.05) is 84.9 Å². The highest BCUT2D eigenvalue weighted by atomic mass is 16.1. The third kappa shape index (κ3) is 4.18. The summed E-state index contributed by atoms with van der Waals surface area (Å²) in [6.45, 7) is 3.64. The summed E-state index contributed by atoms with van der Waals surface area (Å²) < 4.78 is 0. The monoisotopic (exact) mass is 419 g/mol. The van der Waals surface area contributed by atoms with E-state index in [0.29, 0.717) is 11.1 Å². The number of amidine groups is 1. The lowest BCUT2D eigenvalue weighted by Gasteiger charge is -2.31. The van der Waals surface area contributed by atoms with Crippen molar-refractivity contribution in [2.24, 2.45) is 4.99 Å². The normalized spacial score (nSPS) is 14.5. The van der Waals surface area contributed by atoms with Crippen LogP contribution in [0.15, 0.2) is 102 Å². The van der Waals surface area contributed by atoms with Crippen molar-refractivity contribution in [3.63, 3.8) is 0 Å². The number of hydrogen-bond acceptors (Lipinski definition) is 3. The third-order valence-electron chi connectivity index (χ3n) is 5.83. The molecule has 4 heteroatoms. The molecule has 0 amide bonds. The Balaban J connectivity index is 1.59. The fraction of sp³-hybridized carbons (Fsp3) is 0.143. The van der Waals surface area contributed by atoms with Crippen LogP contribution in [0.25, 0.3) is 10.8 Å². The maximum Gasteiger partial charge on any atom is 0.193 e. The van der Waals surface area contributed by atoms with E-state index in [-0.39, 0.29) is 5.78 Å². The zero-order valence-corrected chi connectivity index (χ0v) is 17.9. The summed E-state index contributed by atoms with van der Waals surface area (Å²) in [4.78, 5) is 20.4. The van der Waals surface area contributed by atoms with E-state index in [1.54, 1.807) is 0 Å². The molecule has 4 aromatic carbocycles. The van der Waals surface area contributed by atoms with E-state index in [4.69, 9.17) is 4.99 Å². The molecule has 1 saturated heterocycles. The number of piperazine rings is 1. The standard InChI is InChI=1S/C28H25N3O/c32-27(22-9-2-1-3-10-22)23-12-6-13-24(20-23)30-28(31-18-16-29-17-19-31)26-15-7-11-21-8-4-5-14-25(21)26/h1-15,20,29H,16-19H2. The molecule has 0 saturated carbocycles. The van der Waals surface area contributed by atoms with Gasteiger partial charge in [-0.2, -0.15) is 0 Å². The molecule has 0 radical (unpaired) electrons. The van der Waals surface area contributed by atoms with Gasteiger partial charge in [-0.25, -0.2) is 4.99 Å². The van der Waals surface area contributed by atoms with Crippen molar-refractivity contribution in [1.82, 2.24) is 10.2 Å². The number of nitrogens with one attached hydrogen (secondary N) is 1. The summed E-state index contributed by atoms with van der Waals surface area (Å²) in [7, 11) is 0. The quantitative estimate of drug-likeness (QED) is 0.286. The van der Waals surface area contributed by atoms with Crippen molar-refractivity contribution in [2.75, 3.05) is 26.2 Å². The van der Waals surface area contributed by atoms with E-state index < -0.39 is 0 Å². The van der Waals surface area contributed by atoms with Gasteiger partial charge in [0.25, 0.3) is 0 Å². The van der Waals surface area contributed by atoms with Crippen molar-refractivity contribution in [2.45, 2.75) is 0 Å². The first-order chi connectivity index (χ1) is 15.8. The van der Waals surface area contributed by atoms with Gasteiger partial charge in [-0.3, -0.25) is 4.79 Å². The number of carbonyl (C=O) groups is 1. The van der Waals surface area contributed by atoms with Gasteiger partial charge in [-0.15, -0.1) is 0 Å². The Labute approximate surface area is 188 Å². The Morgan fingerprint density at radius 1 is 0.750 bits per heavy atom. The summed E-state index contributed by atoms with van der Waals surface area (Å²) in [5.41, 5.74) is 3.23. The van der Waals surface area contributed by atoms with Crippen molar-refractivity contribution in [3.05, 3.63) is 114 Å². The lowest BCUT2D eigenvalue weighted by atomic mass is 10.0. The van der Waals surface area contributed by atoms with Crippen molar-refractivity contribution in [1.29, 1.82) is 0 Å². The summed E-state index contributed by atoms with van der Waals surface area (Å²) in [6.07, 6.45) is 0. The van der Waals surface area contributed by atoms with E-state index in [9.17, 15) is 4.79 Å². The van der Waals surface area contributed by atoms with Crippen molar-refractivity contribution < 1.29 is 4.79 Å². The number of carbonyl (C=O) groups excluding carboxylic acids is 1. The minimum atomic E-state index is 0.0107. The average Bonchev–Trinajstić information content (AvgIpc) is 2.88. The van der Waals surface area contributed by atoms with Crippen LogP contribution >= 0.6 is 0 Å². The summed E-state index contributed by atoms with van der Waals surface area (Å²) >= 11 is 0. The SMILES string of the molecule is O=C(c1ccccc1)c1cccc(N=C(c2cccc3ccccc23)N2CCNCC2)c1. The highest BCUT2D eigenvalue weighted by Crippen LogP contribution is 2.24. The molecule has 1 aliphatic rings. The van der Waals surface area contributed by atoms with Gasteiger partial charge >= 0.3 is 0 Å². The zero-order chi connectivity index (χ0) is 21.8. The van der Waals surface area contributed by atoms with Crippen LogP contribution in [-0.4, -0.2) is 42.7 Å². The van der Waals surface area contributed by atoms with E-state index >= 15 is 0 Å². The number of fused-ring (bicyclic) bond motifs is 1. The molecular formula is C28H25N3O. The second kappa shape index (κ2) is 9.16. The fourth-order valence-corrected chi connectivity index (χ4v) is 4.19. The number of nitrogens with zero attached hydrogens (tertiary/aromatic N) is 2. The molecule has 158 valence electrons. The van der Waals surface area contributed by atoms with E-state index in [1.165, 1.54) is 10.8 Å². The summed E-state index contributed by atoms with van der Waals surface area (Å²) in [5, 5.41) is 5.80. The fourth-order valence-electron chi connectivity index (χ4n) is 4.19. The Morgan fingerprint density at radius 2 is 1.44 bits per heavy atom. The molecule has 4 nitrogen and oxygen atoms in total. The van der Waals surface area contributed by atoms with Crippen LogP contribution in [0, 0.1) is 0 Å². The van der Waals surface area contributed by atoms with Crippen LogP contribution in [-0.2, 0) is 0 Å². The van der Waals surface area contributed by atoms with Gasteiger partial charge in [0.2, 0.25) is 0 Å². The number of ketones is 1. The number of hydrogen-bond donors (Lipinski definition) is 1. The molecule has 1 aliphatic heterocycles. The highest BCUT2D eigenvalue weighted by Gasteiger charge is 2.19. The topological polar surface area (TPSA) is 44.7 Å². The van der Waals surface area contributed by atoms with Gasteiger partial charge < -0.3 is 10.2 Å². The number of benzene rings is 4. The Hall–Kier alpha value is -3.76. The van der Waals surface area contributed by atoms with Crippen LogP contribution in [0.5, 0.6) is 0 Å². The lowest BCUT2D eigenvalue weighted by molar-refractivity contribution is 0.103. The number of rotatable bonds is 4. The average molecular weight is 420 g/mol. The molecule has 0 unspecified atom stereocenters. The first-order valence-corrected chi connectivity index (χ1v) is 11.0. The molecule has 0 aromatic heterocycles. The first-order valence-electron chi connectivity index (χ1n) is 11.0. The second-order valence-electron chi connectivity index (χ2n) is 7.94. The van der Waals surface area contributed by atoms with Crippen LogP contribution in [0.3, 0.4) is 0 Å².